The average molecular weight is 629 g/mol. The van der Waals surface area contributed by atoms with Crippen molar-refractivity contribution in [1.29, 1.82) is 0 Å². The van der Waals surface area contributed by atoms with Crippen molar-refractivity contribution in [3.05, 3.63) is 82.8 Å². The number of para-hydroxylation sites is 2. The van der Waals surface area contributed by atoms with Gasteiger partial charge >= 0.3 is 5.97 Å². The molecule has 11 heteroatoms. The van der Waals surface area contributed by atoms with Gasteiger partial charge in [0.05, 0.1) is 29.4 Å². The number of aryl methyl sites for hydroxylation is 1. The molecular formula is C34H33ClN4O6. The normalized spacial score (nSPS) is 14.5. The Hall–Kier alpha value is -4.83. The molecule has 1 aliphatic carbocycles. The van der Waals surface area contributed by atoms with E-state index in [1.807, 2.05) is 25.1 Å². The molecule has 4 aromatic rings. The van der Waals surface area contributed by atoms with Gasteiger partial charge < -0.3 is 29.0 Å². The molecular weight excluding hydrogens is 596 g/mol. The minimum absolute atomic E-state index is 0.0908. The van der Waals surface area contributed by atoms with E-state index in [2.05, 4.69) is 21.3 Å². The van der Waals surface area contributed by atoms with E-state index in [-0.39, 0.29) is 30.7 Å². The maximum atomic E-state index is 14.0. The van der Waals surface area contributed by atoms with E-state index in [9.17, 15) is 14.4 Å². The predicted molar refractivity (Wildman–Crippen MR) is 172 cm³/mol. The monoisotopic (exact) mass is 628 g/mol. The Labute approximate surface area is 265 Å². The summed E-state index contributed by atoms with van der Waals surface area (Å²) in [6.45, 7) is 5.37. The maximum absolute atomic E-state index is 14.0. The van der Waals surface area contributed by atoms with Crippen LogP contribution in [0, 0.1) is 6.92 Å². The number of rotatable bonds is 10. The minimum atomic E-state index is -0.370. The number of amides is 2. The molecule has 0 atom stereocenters. The third-order valence-corrected chi connectivity index (χ3v) is 8.15. The summed E-state index contributed by atoms with van der Waals surface area (Å²) in [5.74, 6) is 0.213. The summed E-state index contributed by atoms with van der Waals surface area (Å²) in [7, 11) is 0. The molecule has 2 amide bonds. The molecule has 0 spiro atoms. The Kier molecular flexibility index (Phi) is 8.75. The fourth-order valence-corrected chi connectivity index (χ4v) is 5.66. The molecule has 45 heavy (non-hydrogen) atoms. The lowest BCUT2D eigenvalue weighted by atomic mass is 10.1. The lowest BCUT2D eigenvalue weighted by molar-refractivity contribution is -0.142. The zero-order valence-corrected chi connectivity index (χ0v) is 25.8. The number of pyridine rings is 1. The number of aromatic nitrogens is 1. The summed E-state index contributed by atoms with van der Waals surface area (Å²) < 4.78 is 17.1. The molecule has 1 N–H and O–H groups in total. The number of benzene rings is 2. The van der Waals surface area contributed by atoms with Crippen molar-refractivity contribution in [2.24, 2.45) is 0 Å². The molecule has 2 aromatic carbocycles. The molecule has 232 valence electrons. The summed E-state index contributed by atoms with van der Waals surface area (Å²) in [6, 6.07) is 13.6. The van der Waals surface area contributed by atoms with E-state index in [4.69, 9.17) is 25.5 Å². The lowest BCUT2D eigenvalue weighted by Crippen LogP contribution is -2.45. The first-order valence-electron chi connectivity index (χ1n) is 15.0. The van der Waals surface area contributed by atoms with Gasteiger partial charge in [0.1, 0.15) is 28.4 Å². The summed E-state index contributed by atoms with van der Waals surface area (Å²) in [5.41, 5.74) is 3.55. The quantitative estimate of drug-likeness (QED) is 0.161. The molecule has 1 aliphatic heterocycles. The molecule has 1 fully saturated rings. The summed E-state index contributed by atoms with van der Waals surface area (Å²) in [6.07, 6.45) is 8.43. The van der Waals surface area contributed by atoms with Crippen molar-refractivity contribution in [3.8, 4) is 11.5 Å². The standard InChI is InChI=1S/C34H33ClN4O6/c1-3-43-33(41)13-15-37-32(40)11-10-28-21(2)23-18-31(25(35)19-30(23)44-28)45-29-12-14-36-20-24(29)34(42)39-17-16-38(22-8-9-22)26-6-4-5-7-27(26)39/h4-7,10-12,14,18-20,22H,3,8-9,13,15-17H2,1-2H3,(H,37,40). The molecule has 2 aromatic heterocycles. The van der Waals surface area contributed by atoms with Crippen LogP contribution in [0.4, 0.5) is 11.4 Å². The molecule has 0 radical (unpaired) electrons. The second-order valence-electron chi connectivity index (χ2n) is 10.9. The zero-order chi connectivity index (χ0) is 31.5. The second-order valence-corrected chi connectivity index (χ2v) is 11.3. The van der Waals surface area contributed by atoms with Crippen molar-refractivity contribution in [2.75, 3.05) is 36.0 Å². The van der Waals surface area contributed by atoms with Crippen LogP contribution in [0.15, 0.2) is 65.4 Å². The van der Waals surface area contributed by atoms with E-state index in [0.717, 1.165) is 28.9 Å². The van der Waals surface area contributed by atoms with Gasteiger partial charge in [0.2, 0.25) is 5.91 Å². The highest BCUT2D eigenvalue weighted by atomic mass is 35.5. The number of carbonyl (C=O) groups excluding carboxylic acids is 3. The Bertz CT molecular complexity index is 1800. The van der Waals surface area contributed by atoms with Gasteiger partial charge in [0.15, 0.2) is 0 Å². The first-order valence-corrected chi connectivity index (χ1v) is 15.4. The van der Waals surface area contributed by atoms with Crippen molar-refractivity contribution in [2.45, 2.75) is 39.2 Å². The number of hydrogen-bond acceptors (Lipinski definition) is 8. The SMILES string of the molecule is CCOC(=O)CCNC(=O)C=Cc1oc2cc(Cl)c(Oc3ccncc3C(=O)N3CCN(C4CC4)c4ccccc43)cc2c1C. The van der Waals surface area contributed by atoms with Gasteiger partial charge in [-0.05, 0) is 57.0 Å². The number of halogens is 1. The third kappa shape index (κ3) is 6.51. The van der Waals surface area contributed by atoms with Crippen LogP contribution in [0.25, 0.3) is 17.0 Å². The van der Waals surface area contributed by atoms with Crippen molar-refractivity contribution in [1.82, 2.24) is 10.3 Å². The van der Waals surface area contributed by atoms with Crippen LogP contribution in [0.2, 0.25) is 5.02 Å². The van der Waals surface area contributed by atoms with Crippen molar-refractivity contribution < 1.29 is 28.3 Å². The van der Waals surface area contributed by atoms with E-state index >= 15 is 0 Å². The molecule has 0 unspecified atom stereocenters. The maximum Gasteiger partial charge on any atom is 0.307 e. The number of furan rings is 1. The highest BCUT2D eigenvalue weighted by Gasteiger charge is 2.36. The Morgan fingerprint density at radius 3 is 2.69 bits per heavy atom. The summed E-state index contributed by atoms with van der Waals surface area (Å²) >= 11 is 6.63. The molecule has 1 saturated carbocycles. The molecule has 10 nitrogen and oxygen atoms in total. The molecule has 2 aliphatic rings. The Morgan fingerprint density at radius 1 is 1.11 bits per heavy atom. The van der Waals surface area contributed by atoms with Crippen LogP contribution in [-0.2, 0) is 14.3 Å². The summed E-state index contributed by atoms with van der Waals surface area (Å²) in [4.78, 5) is 46.1. The van der Waals surface area contributed by atoms with Gasteiger partial charge in [-0.2, -0.15) is 0 Å². The van der Waals surface area contributed by atoms with Crippen LogP contribution in [-0.4, -0.2) is 55.1 Å². The van der Waals surface area contributed by atoms with E-state index in [1.165, 1.54) is 25.1 Å². The Balaban J connectivity index is 1.20. The van der Waals surface area contributed by atoms with Crippen LogP contribution < -0.4 is 19.9 Å². The molecule has 6 rings (SSSR count). The van der Waals surface area contributed by atoms with Crippen LogP contribution in [0.1, 0.15) is 47.9 Å². The number of nitrogens with one attached hydrogen (secondary N) is 1. The van der Waals surface area contributed by atoms with Gasteiger partial charge in [0, 0.05) is 61.2 Å². The van der Waals surface area contributed by atoms with Gasteiger partial charge in [-0.25, -0.2) is 0 Å². The number of esters is 1. The van der Waals surface area contributed by atoms with Gasteiger partial charge in [-0.15, -0.1) is 0 Å². The first kappa shape index (κ1) is 30.2. The number of fused-ring (bicyclic) bond motifs is 2. The molecule has 0 saturated heterocycles. The number of carbonyl (C=O) groups is 3. The van der Waals surface area contributed by atoms with Crippen molar-refractivity contribution >= 4 is 57.8 Å². The third-order valence-electron chi connectivity index (χ3n) is 7.86. The fourth-order valence-electron chi connectivity index (χ4n) is 5.46. The highest BCUT2D eigenvalue weighted by Crippen LogP contribution is 2.42. The van der Waals surface area contributed by atoms with Crippen molar-refractivity contribution in [3.63, 3.8) is 0 Å². The van der Waals surface area contributed by atoms with Gasteiger partial charge in [0.25, 0.3) is 5.91 Å². The van der Waals surface area contributed by atoms with E-state index in [0.29, 0.717) is 52.6 Å². The number of hydrogen-bond donors (Lipinski definition) is 1. The molecule has 3 heterocycles. The average Bonchev–Trinajstić information content (AvgIpc) is 3.84. The van der Waals surface area contributed by atoms with E-state index < -0.39 is 0 Å². The molecule has 0 bridgehead atoms. The van der Waals surface area contributed by atoms with Crippen LogP contribution in [0.3, 0.4) is 0 Å². The second kappa shape index (κ2) is 13.0. The highest BCUT2D eigenvalue weighted by molar-refractivity contribution is 6.32. The number of anilines is 2. The van der Waals surface area contributed by atoms with Crippen LogP contribution >= 0.6 is 11.6 Å². The van der Waals surface area contributed by atoms with Gasteiger partial charge in [-0.1, -0.05) is 23.7 Å². The number of ether oxygens (including phenoxy) is 2. The fraction of sp³-hybridized carbons (Fsp3) is 0.294. The van der Waals surface area contributed by atoms with Gasteiger partial charge in [-0.3, -0.25) is 19.4 Å². The smallest absolute Gasteiger partial charge is 0.307 e. The Morgan fingerprint density at radius 2 is 1.91 bits per heavy atom. The minimum Gasteiger partial charge on any atom is -0.466 e. The van der Waals surface area contributed by atoms with Crippen LogP contribution in [0.5, 0.6) is 11.5 Å². The zero-order valence-electron chi connectivity index (χ0n) is 25.0. The number of nitrogens with zero attached hydrogens (tertiary/aromatic N) is 3. The first-order chi connectivity index (χ1) is 21.8. The largest absolute Gasteiger partial charge is 0.466 e. The lowest BCUT2D eigenvalue weighted by Gasteiger charge is -2.38. The van der Waals surface area contributed by atoms with E-state index in [1.54, 1.807) is 42.3 Å². The topological polar surface area (TPSA) is 114 Å². The summed E-state index contributed by atoms with van der Waals surface area (Å²) in [5, 5.41) is 3.68. The predicted octanol–water partition coefficient (Wildman–Crippen LogP) is 6.29.